The standard InChI is InChI=1S/C16H10Cl2N2O4S2/c17-10-3-1-9(2-4-10)15-19-20-16(24-15)25-8-14(22)23-7-11(21)12-5-6-13(18)26-12/h1-6H,7-8H2. The SMILES string of the molecule is O=C(CSc1nnc(-c2ccc(Cl)cc2)o1)OCC(=O)c1ccc(Cl)s1. The summed E-state index contributed by atoms with van der Waals surface area (Å²) in [6.07, 6.45) is 0. The van der Waals surface area contributed by atoms with Gasteiger partial charge in [-0.1, -0.05) is 35.0 Å². The summed E-state index contributed by atoms with van der Waals surface area (Å²) in [5.41, 5.74) is 0.719. The number of benzene rings is 1. The van der Waals surface area contributed by atoms with Gasteiger partial charge in [0.1, 0.15) is 5.75 Å². The van der Waals surface area contributed by atoms with E-state index < -0.39 is 5.97 Å². The zero-order valence-electron chi connectivity index (χ0n) is 13.0. The number of thioether (sulfide) groups is 1. The maximum Gasteiger partial charge on any atom is 0.316 e. The van der Waals surface area contributed by atoms with E-state index in [1.54, 1.807) is 36.4 Å². The van der Waals surface area contributed by atoms with E-state index in [1.807, 2.05) is 0 Å². The Hall–Kier alpha value is -1.87. The van der Waals surface area contributed by atoms with E-state index in [2.05, 4.69) is 10.2 Å². The number of hydrogen-bond acceptors (Lipinski definition) is 8. The van der Waals surface area contributed by atoms with Crippen LogP contribution in [-0.2, 0) is 9.53 Å². The Balaban J connectivity index is 1.47. The third-order valence-electron chi connectivity index (χ3n) is 3.02. The number of ether oxygens (including phenoxy) is 1. The van der Waals surface area contributed by atoms with Gasteiger partial charge in [0.05, 0.1) is 9.21 Å². The van der Waals surface area contributed by atoms with Gasteiger partial charge in [0.15, 0.2) is 6.61 Å². The van der Waals surface area contributed by atoms with E-state index in [0.717, 1.165) is 28.7 Å². The first kappa shape index (κ1) is 18.9. The highest BCUT2D eigenvalue weighted by Gasteiger charge is 2.15. The zero-order valence-corrected chi connectivity index (χ0v) is 16.1. The molecular weight excluding hydrogens is 419 g/mol. The van der Waals surface area contributed by atoms with Crippen molar-refractivity contribution in [1.82, 2.24) is 10.2 Å². The molecule has 3 rings (SSSR count). The molecule has 0 spiro atoms. The Labute approximate surface area is 166 Å². The normalized spacial score (nSPS) is 10.7. The van der Waals surface area contributed by atoms with Crippen LogP contribution < -0.4 is 0 Å². The van der Waals surface area contributed by atoms with Gasteiger partial charge >= 0.3 is 5.97 Å². The van der Waals surface area contributed by atoms with Gasteiger partial charge in [0.2, 0.25) is 11.7 Å². The fraction of sp³-hybridized carbons (Fsp3) is 0.125. The lowest BCUT2D eigenvalue weighted by molar-refractivity contribution is -0.139. The molecule has 0 amide bonds. The summed E-state index contributed by atoms with van der Waals surface area (Å²) in [5, 5.41) is 8.60. The molecule has 0 bridgehead atoms. The molecule has 26 heavy (non-hydrogen) atoms. The van der Waals surface area contributed by atoms with Gasteiger partial charge in [-0.15, -0.1) is 21.5 Å². The van der Waals surface area contributed by atoms with Crippen LogP contribution in [0.2, 0.25) is 9.36 Å². The highest BCUT2D eigenvalue weighted by Crippen LogP contribution is 2.25. The Kier molecular flexibility index (Phi) is 6.31. The molecule has 0 saturated heterocycles. The van der Waals surface area contributed by atoms with Crippen molar-refractivity contribution in [2.24, 2.45) is 0 Å². The van der Waals surface area contributed by atoms with Crippen molar-refractivity contribution < 1.29 is 18.7 Å². The number of esters is 1. The molecule has 6 nitrogen and oxygen atoms in total. The zero-order chi connectivity index (χ0) is 18.5. The van der Waals surface area contributed by atoms with Gasteiger partial charge in [-0.2, -0.15) is 0 Å². The van der Waals surface area contributed by atoms with Crippen LogP contribution in [0.4, 0.5) is 0 Å². The minimum atomic E-state index is -0.558. The number of nitrogens with zero attached hydrogens (tertiary/aromatic N) is 2. The summed E-state index contributed by atoms with van der Waals surface area (Å²) >= 11 is 13.8. The number of Topliss-reactive ketones (excluding diaryl/α,β-unsaturated/α-hetero) is 1. The Morgan fingerprint density at radius 3 is 2.58 bits per heavy atom. The van der Waals surface area contributed by atoms with Crippen molar-refractivity contribution in [1.29, 1.82) is 0 Å². The molecule has 3 aromatic rings. The topological polar surface area (TPSA) is 82.3 Å². The molecule has 0 fully saturated rings. The predicted molar refractivity (Wildman–Crippen MR) is 100 cm³/mol. The highest BCUT2D eigenvalue weighted by atomic mass is 35.5. The van der Waals surface area contributed by atoms with Crippen LogP contribution in [0.3, 0.4) is 0 Å². The average molecular weight is 429 g/mol. The van der Waals surface area contributed by atoms with Crippen LogP contribution >= 0.6 is 46.3 Å². The quantitative estimate of drug-likeness (QED) is 0.308. The molecule has 0 saturated carbocycles. The molecular formula is C16H10Cl2N2O4S2. The van der Waals surface area contributed by atoms with E-state index in [-0.39, 0.29) is 23.4 Å². The first-order chi connectivity index (χ1) is 12.5. The van der Waals surface area contributed by atoms with E-state index in [1.165, 1.54) is 0 Å². The first-order valence-electron chi connectivity index (χ1n) is 7.17. The third kappa shape index (κ3) is 5.07. The summed E-state index contributed by atoms with van der Waals surface area (Å²) in [6, 6.07) is 10.1. The van der Waals surface area contributed by atoms with Crippen molar-refractivity contribution >= 4 is 58.1 Å². The summed E-state index contributed by atoms with van der Waals surface area (Å²) in [6.45, 7) is -0.337. The molecule has 0 unspecified atom stereocenters. The van der Waals surface area contributed by atoms with Gasteiger partial charge in [-0.05, 0) is 36.4 Å². The van der Waals surface area contributed by atoms with E-state index in [9.17, 15) is 9.59 Å². The monoisotopic (exact) mass is 428 g/mol. The number of hydrogen-bond donors (Lipinski definition) is 0. The molecule has 2 aromatic heterocycles. The van der Waals surface area contributed by atoms with Crippen LogP contribution in [0.25, 0.3) is 11.5 Å². The molecule has 2 heterocycles. The van der Waals surface area contributed by atoms with Crippen molar-refractivity contribution in [3.8, 4) is 11.5 Å². The largest absolute Gasteiger partial charge is 0.457 e. The highest BCUT2D eigenvalue weighted by molar-refractivity contribution is 7.99. The number of thiophene rings is 1. The van der Waals surface area contributed by atoms with E-state index >= 15 is 0 Å². The minimum absolute atomic E-state index is 0.0548. The Morgan fingerprint density at radius 1 is 1.12 bits per heavy atom. The van der Waals surface area contributed by atoms with Crippen LogP contribution in [0, 0.1) is 0 Å². The predicted octanol–water partition coefficient (Wildman–Crippen LogP) is 4.62. The fourth-order valence-electron chi connectivity index (χ4n) is 1.82. The molecule has 0 radical (unpaired) electrons. The lowest BCUT2D eigenvalue weighted by atomic mass is 10.2. The smallest absolute Gasteiger partial charge is 0.316 e. The van der Waals surface area contributed by atoms with E-state index in [4.69, 9.17) is 32.4 Å². The average Bonchev–Trinajstić information content (AvgIpc) is 3.27. The van der Waals surface area contributed by atoms with E-state index in [0.29, 0.717) is 20.1 Å². The van der Waals surface area contributed by atoms with Crippen molar-refractivity contribution in [3.63, 3.8) is 0 Å². The fourth-order valence-corrected chi connectivity index (χ4v) is 3.48. The second kappa shape index (κ2) is 8.68. The van der Waals surface area contributed by atoms with Gasteiger partial charge < -0.3 is 9.15 Å². The van der Waals surface area contributed by atoms with Crippen LogP contribution in [0.5, 0.6) is 0 Å². The maximum atomic E-state index is 11.8. The number of aromatic nitrogens is 2. The van der Waals surface area contributed by atoms with Crippen LogP contribution in [0.15, 0.2) is 46.0 Å². The molecule has 134 valence electrons. The molecule has 0 atom stereocenters. The second-order valence-electron chi connectivity index (χ2n) is 4.86. The van der Waals surface area contributed by atoms with Gasteiger partial charge in [-0.25, -0.2) is 0 Å². The van der Waals surface area contributed by atoms with Gasteiger partial charge in [0, 0.05) is 10.6 Å². The molecule has 1 aromatic carbocycles. The lowest BCUT2D eigenvalue weighted by Gasteiger charge is -2.01. The number of halogens is 2. The van der Waals surface area contributed by atoms with Crippen molar-refractivity contribution in [2.45, 2.75) is 5.22 Å². The summed E-state index contributed by atoms with van der Waals surface area (Å²) in [5.74, 6) is -0.594. The lowest BCUT2D eigenvalue weighted by Crippen LogP contribution is -2.14. The first-order valence-corrected chi connectivity index (χ1v) is 9.73. The summed E-state index contributed by atoms with van der Waals surface area (Å²) in [4.78, 5) is 24.0. The second-order valence-corrected chi connectivity index (χ2v) is 7.93. The van der Waals surface area contributed by atoms with Crippen LogP contribution in [-0.4, -0.2) is 34.3 Å². The van der Waals surface area contributed by atoms with Crippen molar-refractivity contribution in [2.75, 3.05) is 12.4 Å². The number of rotatable bonds is 7. The Bertz CT molecular complexity index is 924. The molecule has 10 heteroatoms. The maximum absolute atomic E-state index is 11.8. The van der Waals surface area contributed by atoms with Gasteiger partial charge in [0.25, 0.3) is 5.22 Å². The van der Waals surface area contributed by atoms with Gasteiger partial charge in [-0.3, -0.25) is 9.59 Å². The molecule has 0 aliphatic rings. The third-order valence-corrected chi connectivity index (χ3v) is 5.34. The summed E-state index contributed by atoms with van der Waals surface area (Å²) in [7, 11) is 0. The van der Waals surface area contributed by atoms with Crippen molar-refractivity contribution in [3.05, 3.63) is 50.6 Å². The molecule has 0 aliphatic carbocycles. The number of ketones is 1. The Morgan fingerprint density at radius 2 is 1.88 bits per heavy atom. The number of carbonyl (C=O) groups is 2. The summed E-state index contributed by atoms with van der Waals surface area (Å²) < 4.78 is 10.9. The minimum Gasteiger partial charge on any atom is -0.457 e. The van der Waals surface area contributed by atoms with Crippen LogP contribution in [0.1, 0.15) is 9.67 Å². The molecule has 0 N–H and O–H groups in total. The number of carbonyl (C=O) groups excluding carboxylic acids is 2. The molecule has 0 aliphatic heterocycles.